The molecule has 1 nitrogen and oxygen atoms in total. The highest BCUT2D eigenvalue weighted by Gasteiger charge is 2.08. The van der Waals surface area contributed by atoms with Gasteiger partial charge < -0.3 is 0 Å². The molecule has 3 heteroatoms. The highest BCUT2D eigenvalue weighted by molar-refractivity contribution is 9.10. The molecule has 0 aliphatic heterocycles. The third-order valence-corrected chi connectivity index (χ3v) is 4.44. The van der Waals surface area contributed by atoms with E-state index in [4.69, 9.17) is 4.98 Å². The van der Waals surface area contributed by atoms with E-state index < -0.39 is 0 Å². The quantitative estimate of drug-likeness (QED) is 0.600. The lowest BCUT2D eigenvalue weighted by Gasteiger charge is -2.01. The second-order valence-corrected chi connectivity index (χ2v) is 6.13. The standard InChI is InChI=1S/C16H12BrNS/c1-11-4-2-3-5-14(11)15-10-19-16(18-15)12-6-8-13(17)9-7-12/h2-10H,1H3. The van der Waals surface area contributed by atoms with E-state index in [9.17, 15) is 0 Å². The summed E-state index contributed by atoms with van der Waals surface area (Å²) in [5.41, 5.74) is 4.69. The fourth-order valence-electron chi connectivity index (χ4n) is 1.98. The maximum Gasteiger partial charge on any atom is 0.124 e. The number of nitrogens with zero attached hydrogens (tertiary/aromatic N) is 1. The zero-order valence-electron chi connectivity index (χ0n) is 10.4. The molecule has 0 aliphatic rings. The molecule has 0 radical (unpaired) electrons. The number of benzene rings is 2. The molecule has 1 heterocycles. The Morgan fingerprint density at radius 1 is 1.00 bits per heavy atom. The van der Waals surface area contributed by atoms with Gasteiger partial charge in [-0.05, 0) is 24.6 Å². The van der Waals surface area contributed by atoms with Crippen molar-refractivity contribution in [2.75, 3.05) is 0 Å². The van der Waals surface area contributed by atoms with E-state index in [1.54, 1.807) is 11.3 Å². The number of rotatable bonds is 2. The number of aryl methyl sites for hydroxylation is 1. The topological polar surface area (TPSA) is 12.9 Å². The Labute approximate surface area is 125 Å². The van der Waals surface area contributed by atoms with Gasteiger partial charge in [0.25, 0.3) is 0 Å². The summed E-state index contributed by atoms with van der Waals surface area (Å²) in [5.74, 6) is 0. The monoisotopic (exact) mass is 329 g/mol. The predicted octanol–water partition coefficient (Wildman–Crippen LogP) is 5.55. The van der Waals surface area contributed by atoms with Crippen molar-refractivity contribution in [1.82, 2.24) is 4.98 Å². The first kappa shape index (κ1) is 12.6. The average molecular weight is 330 g/mol. The van der Waals surface area contributed by atoms with Crippen LogP contribution < -0.4 is 0 Å². The van der Waals surface area contributed by atoms with Crippen molar-refractivity contribution in [1.29, 1.82) is 0 Å². The van der Waals surface area contributed by atoms with Gasteiger partial charge in [-0.15, -0.1) is 11.3 Å². The summed E-state index contributed by atoms with van der Waals surface area (Å²) in [5, 5.41) is 3.19. The minimum atomic E-state index is 1.06. The van der Waals surface area contributed by atoms with Crippen LogP contribution in [0, 0.1) is 6.92 Å². The van der Waals surface area contributed by atoms with Crippen LogP contribution in [-0.4, -0.2) is 4.98 Å². The van der Waals surface area contributed by atoms with Gasteiger partial charge in [-0.1, -0.05) is 52.3 Å². The zero-order valence-corrected chi connectivity index (χ0v) is 12.8. The zero-order chi connectivity index (χ0) is 13.2. The molecule has 0 amide bonds. The lowest BCUT2D eigenvalue weighted by molar-refractivity contribution is 1.36. The Morgan fingerprint density at radius 3 is 2.47 bits per heavy atom. The van der Waals surface area contributed by atoms with Crippen LogP contribution in [0.2, 0.25) is 0 Å². The van der Waals surface area contributed by atoms with Gasteiger partial charge in [0.2, 0.25) is 0 Å². The lowest BCUT2D eigenvalue weighted by atomic mass is 10.1. The molecule has 19 heavy (non-hydrogen) atoms. The van der Waals surface area contributed by atoms with Gasteiger partial charge in [0, 0.05) is 21.0 Å². The van der Waals surface area contributed by atoms with E-state index in [1.165, 1.54) is 11.1 Å². The molecule has 0 aliphatic carbocycles. The van der Waals surface area contributed by atoms with Crippen LogP contribution in [0.4, 0.5) is 0 Å². The highest BCUT2D eigenvalue weighted by atomic mass is 79.9. The van der Waals surface area contributed by atoms with Crippen LogP contribution in [0.25, 0.3) is 21.8 Å². The summed E-state index contributed by atoms with van der Waals surface area (Å²) in [6, 6.07) is 16.6. The molecule has 0 fully saturated rings. The van der Waals surface area contributed by atoms with Gasteiger partial charge in [0.15, 0.2) is 0 Å². The van der Waals surface area contributed by atoms with E-state index in [0.717, 1.165) is 20.7 Å². The summed E-state index contributed by atoms with van der Waals surface area (Å²) in [7, 11) is 0. The van der Waals surface area contributed by atoms with E-state index >= 15 is 0 Å². The molecule has 0 saturated heterocycles. The summed E-state index contributed by atoms with van der Waals surface area (Å²) in [6.45, 7) is 2.12. The van der Waals surface area contributed by atoms with Crippen molar-refractivity contribution in [3.8, 4) is 21.8 Å². The molecule has 0 N–H and O–H groups in total. The highest BCUT2D eigenvalue weighted by Crippen LogP contribution is 2.30. The van der Waals surface area contributed by atoms with Gasteiger partial charge in [0.05, 0.1) is 5.69 Å². The SMILES string of the molecule is Cc1ccccc1-c1csc(-c2ccc(Br)cc2)n1. The first-order valence-electron chi connectivity index (χ1n) is 6.01. The van der Waals surface area contributed by atoms with Gasteiger partial charge in [-0.25, -0.2) is 4.98 Å². The van der Waals surface area contributed by atoms with Gasteiger partial charge in [-0.2, -0.15) is 0 Å². The van der Waals surface area contributed by atoms with E-state index in [0.29, 0.717) is 0 Å². The molecular weight excluding hydrogens is 318 g/mol. The predicted molar refractivity (Wildman–Crippen MR) is 85.4 cm³/mol. The van der Waals surface area contributed by atoms with Crippen molar-refractivity contribution in [2.45, 2.75) is 6.92 Å². The maximum atomic E-state index is 4.74. The fourth-order valence-corrected chi connectivity index (χ4v) is 3.07. The van der Waals surface area contributed by atoms with E-state index in [-0.39, 0.29) is 0 Å². The Balaban J connectivity index is 2.00. The average Bonchev–Trinajstić information content (AvgIpc) is 2.89. The molecular formula is C16H12BrNS. The van der Waals surface area contributed by atoms with Crippen LogP contribution in [0.3, 0.4) is 0 Å². The van der Waals surface area contributed by atoms with Crippen molar-refractivity contribution in [3.63, 3.8) is 0 Å². The largest absolute Gasteiger partial charge is 0.236 e. The van der Waals surface area contributed by atoms with Crippen molar-refractivity contribution < 1.29 is 0 Å². The number of hydrogen-bond donors (Lipinski definition) is 0. The maximum absolute atomic E-state index is 4.74. The lowest BCUT2D eigenvalue weighted by Crippen LogP contribution is -1.83. The molecule has 0 atom stereocenters. The summed E-state index contributed by atoms with van der Waals surface area (Å²) < 4.78 is 1.09. The molecule has 0 saturated carbocycles. The van der Waals surface area contributed by atoms with Gasteiger partial charge >= 0.3 is 0 Å². The normalized spacial score (nSPS) is 10.6. The first-order valence-corrected chi connectivity index (χ1v) is 7.69. The van der Waals surface area contributed by atoms with Crippen molar-refractivity contribution in [3.05, 3.63) is 63.9 Å². The molecule has 3 rings (SSSR count). The molecule has 0 unspecified atom stereocenters. The third kappa shape index (κ3) is 2.62. The minimum Gasteiger partial charge on any atom is -0.236 e. The number of thiazole rings is 1. The van der Waals surface area contributed by atoms with Crippen molar-refractivity contribution in [2.24, 2.45) is 0 Å². The second kappa shape index (κ2) is 5.27. The van der Waals surface area contributed by atoms with Crippen LogP contribution in [0.15, 0.2) is 58.4 Å². The number of halogens is 1. The van der Waals surface area contributed by atoms with Crippen LogP contribution in [-0.2, 0) is 0 Å². The Morgan fingerprint density at radius 2 is 1.74 bits per heavy atom. The summed E-state index contributed by atoms with van der Waals surface area (Å²) in [6.07, 6.45) is 0. The first-order chi connectivity index (χ1) is 9.24. The molecule has 0 spiro atoms. The smallest absolute Gasteiger partial charge is 0.124 e. The fraction of sp³-hybridized carbons (Fsp3) is 0.0625. The van der Waals surface area contributed by atoms with Crippen LogP contribution >= 0.6 is 27.3 Å². The molecule has 3 aromatic rings. The minimum absolute atomic E-state index is 1.06. The number of hydrogen-bond acceptors (Lipinski definition) is 2. The summed E-state index contributed by atoms with van der Waals surface area (Å²) in [4.78, 5) is 4.74. The van der Waals surface area contributed by atoms with Crippen LogP contribution in [0.1, 0.15) is 5.56 Å². The van der Waals surface area contributed by atoms with E-state index in [1.807, 2.05) is 12.1 Å². The second-order valence-electron chi connectivity index (χ2n) is 4.36. The summed E-state index contributed by atoms with van der Waals surface area (Å²) >= 11 is 5.14. The molecule has 94 valence electrons. The third-order valence-electron chi connectivity index (χ3n) is 3.02. The molecule has 1 aromatic heterocycles. The Kier molecular flexibility index (Phi) is 3.49. The van der Waals surface area contributed by atoms with Gasteiger partial charge in [0.1, 0.15) is 5.01 Å². The molecule has 2 aromatic carbocycles. The number of aromatic nitrogens is 1. The molecule has 0 bridgehead atoms. The Bertz CT molecular complexity index is 701. The Hall–Kier alpha value is -1.45. The van der Waals surface area contributed by atoms with Crippen LogP contribution in [0.5, 0.6) is 0 Å². The van der Waals surface area contributed by atoms with Gasteiger partial charge in [-0.3, -0.25) is 0 Å². The van der Waals surface area contributed by atoms with E-state index in [2.05, 4.69) is 64.6 Å². The van der Waals surface area contributed by atoms with Crippen molar-refractivity contribution >= 4 is 27.3 Å².